The van der Waals surface area contributed by atoms with Crippen molar-refractivity contribution in [3.63, 3.8) is 0 Å². The number of hydrogen-bond donors (Lipinski definition) is 3. The van der Waals surface area contributed by atoms with Gasteiger partial charge in [0.25, 0.3) is 0 Å². The number of carbonyl (C=O) groups is 2. The van der Waals surface area contributed by atoms with Gasteiger partial charge in [-0.2, -0.15) is 0 Å². The van der Waals surface area contributed by atoms with Gasteiger partial charge in [-0.3, -0.25) is 4.79 Å². The van der Waals surface area contributed by atoms with Gasteiger partial charge in [0.2, 0.25) is 5.91 Å². The molecule has 2 aromatic carbocycles. The summed E-state index contributed by atoms with van der Waals surface area (Å²) in [7, 11) is 0. The maximum atomic E-state index is 13.0. The van der Waals surface area contributed by atoms with Gasteiger partial charge < -0.3 is 20.7 Å². The fraction of sp³-hybridized carbons (Fsp3) is 0.238. The normalized spacial score (nSPS) is 17.5. The number of amides is 1. The van der Waals surface area contributed by atoms with Crippen molar-refractivity contribution in [1.82, 2.24) is 9.88 Å². The molecule has 1 aromatic heterocycles. The monoisotopic (exact) mass is 363 g/mol. The minimum Gasteiger partial charge on any atom is -0.480 e. The zero-order valence-electron chi connectivity index (χ0n) is 14.8. The molecular weight excluding hydrogens is 342 g/mol. The molecule has 0 saturated carbocycles. The van der Waals surface area contributed by atoms with E-state index in [-0.39, 0.29) is 12.5 Å². The van der Waals surface area contributed by atoms with Crippen LogP contribution < -0.4 is 5.73 Å². The van der Waals surface area contributed by atoms with Gasteiger partial charge in [-0.15, -0.1) is 0 Å². The number of H-pyrrole nitrogens is 1. The Kier molecular flexibility index (Phi) is 4.41. The summed E-state index contributed by atoms with van der Waals surface area (Å²) in [6, 6.07) is 13.8. The highest BCUT2D eigenvalue weighted by molar-refractivity contribution is 5.89. The Balaban J connectivity index is 1.57. The van der Waals surface area contributed by atoms with Crippen LogP contribution in [0.15, 0.2) is 54.7 Å². The summed E-state index contributed by atoms with van der Waals surface area (Å²) in [5.41, 5.74) is 10.1. The van der Waals surface area contributed by atoms with E-state index in [4.69, 9.17) is 5.73 Å². The lowest BCUT2D eigenvalue weighted by atomic mass is 9.93. The van der Waals surface area contributed by atoms with Crippen LogP contribution in [0, 0.1) is 0 Å². The summed E-state index contributed by atoms with van der Waals surface area (Å²) >= 11 is 0. The molecular formula is C21H21N3O3. The van der Waals surface area contributed by atoms with Crippen molar-refractivity contribution < 1.29 is 14.7 Å². The van der Waals surface area contributed by atoms with Crippen LogP contribution in [0.25, 0.3) is 10.9 Å². The van der Waals surface area contributed by atoms with Gasteiger partial charge in [0, 0.05) is 30.1 Å². The zero-order chi connectivity index (χ0) is 19.0. The van der Waals surface area contributed by atoms with Crippen molar-refractivity contribution in [3.8, 4) is 0 Å². The molecule has 6 heteroatoms. The molecule has 0 radical (unpaired) electrons. The molecule has 0 fully saturated rings. The number of carboxylic acids is 1. The largest absolute Gasteiger partial charge is 0.480 e. The molecule has 0 aliphatic carbocycles. The molecule has 6 nitrogen and oxygen atoms in total. The van der Waals surface area contributed by atoms with Gasteiger partial charge in [-0.1, -0.05) is 42.5 Å². The minimum atomic E-state index is -1.00. The first kappa shape index (κ1) is 17.3. The molecule has 27 heavy (non-hydrogen) atoms. The minimum absolute atomic E-state index is 0.271. The maximum absolute atomic E-state index is 13.0. The SMILES string of the molecule is N[C@@H](Cc1c[nH]c2ccccc12)C(=O)N1Cc2ccccc2C[C@H]1C(=O)O. The Labute approximate surface area is 156 Å². The van der Waals surface area contributed by atoms with Gasteiger partial charge in [0.1, 0.15) is 6.04 Å². The fourth-order valence-corrected chi connectivity index (χ4v) is 3.81. The molecule has 0 spiro atoms. The summed E-state index contributed by atoms with van der Waals surface area (Å²) in [5.74, 6) is -1.33. The molecule has 0 unspecified atom stereocenters. The number of carbonyl (C=O) groups excluding carboxylic acids is 1. The smallest absolute Gasteiger partial charge is 0.326 e. The van der Waals surface area contributed by atoms with Crippen LogP contribution in [0.5, 0.6) is 0 Å². The molecule has 1 aliphatic rings. The molecule has 138 valence electrons. The van der Waals surface area contributed by atoms with Gasteiger partial charge in [0.05, 0.1) is 6.04 Å². The lowest BCUT2D eigenvalue weighted by molar-refractivity contribution is -0.152. The molecule has 0 saturated heterocycles. The predicted octanol–water partition coefficient (Wildman–Crippen LogP) is 2.08. The lowest BCUT2D eigenvalue weighted by Crippen LogP contribution is -2.54. The number of benzene rings is 2. The molecule has 1 aliphatic heterocycles. The number of aromatic nitrogens is 1. The third-order valence-corrected chi connectivity index (χ3v) is 5.25. The first-order valence-electron chi connectivity index (χ1n) is 8.95. The highest BCUT2D eigenvalue weighted by Crippen LogP contribution is 2.25. The Morgan fingerprint density at radius 1 is 1.15 bits per heavy atom. The van der Waals surface area contributed by atoms with Gasteiger partial charge in [-0.25, -0.2) is 4.79 Å². The number of carboxylic acid groups (broad SMARTS) is 1. The van der Waals surface area contributed by atoms with E-state index < -0.39 is 18.1 Å². The molecule has 4 rings (SSSR count). The number of hydrogen-bond acceptors (Lipinski definition) is 3. The third kappa shape index (κ3) is 3.19. The van der Waals surface area contributed by atoms with Crippen LogP contribution in [0.4, 0.5) is 0 Å². The average Bonchev–Trinajstić information content (AvgIpc) is 3.09. The van der Waals surface area contributed by atoms with E-state index in [0.717, 1.165) is 27.6 Å². The third-order valence-electron chi connectivity index (χ3n) is 5.25. The molecule has 2 atom stereocenters. The second kappa shape index (κ2) is 6.89. The first-order valence-corrected chi connectivity index (χ1v) is 8.95. The average molecular weight is 363 g/mol. The second-order valence-electron chi connectivity index (χ2n) is 6.96. The van der Waals surface area contributed by atoms with Crippen LogP contribution >= 0.6 is 0 Å². The van der Waals surface area contributed by atoms with E-state index in [9.17, 15) is 14.7 Å². The summed E-state index contributed by atoms with van der Waals surface area (Å²) in [4.78, 5) is 29.4. The lowest BCUT2D eigenvalue weighted by Gasteiger charge is -2.36. The molecule has 1 amide bonds. The number of nitrogens with two attached hydrogens (primary N) is 1. The highest BCUT2D eigenvalue weighted by Gasteiger charge is 2.36. The van der Waals surface area contributed by atoms with E-state index >= 15 is 0 Å². The van der Waals surface area contributed by atoms with E-state index in [0.29, 0.717) is 12.8 Å². The van der Waals surface area contributed by atoms with Crippen molar-refractivity contribution >= 4 is 22.8 Å². The molecule has 3 aromatic rings. The van der Waals surface area contributed by atoms with Crippen LogP contribution in [-0.4, -0.2) is 39.0 Å². The standard InChI is InChI=1S/C21H21N3O3/c22-17(9-15-11-23-18-8-4-3-7-16(15)18)20(25)24-12-14-6-2-1-5-13(14)10-19(24)21(26)27/h1-8,11,17,19,23H,9-10,12,22H2,(H,26,27)/t17-,19-/m0/s1. The van der Waals surface area contributed by atoms with E-state index in [1.807, 2.05) is 54.7 Å². The number of nitrogens with one attached hydrogen (secondary N) is 1. The van der Waals surface area contributed by atoms with Crippen molar-refractivity contribution in [3.05, 3.63) is 71.4 Å². The van der Waals surface area contributed by atoms with Crippen LogP contribution in [0.3, 0.4) is 0 Å². The number of aromatic amines is 1. The topological polar surface area (TPSA) is 99.4 Å². The Hall–Kier alpha value is -3.12. The van der Waals surface area contributed by atoms with Crippen molar-refractivity contribution in [2.75, 3.05) is 0 Å². The van der Waals surface area contributed by atoms with Crippen LogP contribution in [0.1, 0.15) is 16.7 Å². The highest BCUT2D eigenvalue weighted by atomic mass is 16.4. The summed E-state index contributed by atoms with van der Waals surface area (Å²) in [6.45, 7) is 0.271. The van der Waals surface area contributed by atoms with E-state index in [1.54, 1.807) is 0 Å². The van der Waals surface area contributed by atoms with Crippen molar-refractivity contribution in [2.45, 2.75) is 31.5 Å². The first-order chi connectivity index (χ1) is 13.0. The summed E-state index contributed by atoms with van der Waals surface area (Å²) in [5, 5.41) is 10.7. The van der Waals surface area contributed by atoms with Gasteiger partial charge >= 0.3 is 5.97 Å². The Morgan fingerprint density at radius 2 is 1.85 bits per heavy atom. The fourth-order valence-electron chi connectivity index (χ4n) is 3.81. The maximum Gasteiger partial charge on any atom is 0.326 e. The van der Waals surface area contributed by atoms with Crippen LogP contribution in [0.2, 0.25) is 0 Å². The molecule has 2 heterocycles. The van der Waals surface area contributed by atoms with Crippen molar-refractivity contribution in [2.24, 2.45) is 5.73 Å². The second-order valence-corrected chi connectivity index (χ2v) is 6.96. The number of fused-ring (bicyclic) bond motifs is 2. The summed E-state index contributed by atoms with van der Waals surface area (Å²) in [6.07, 6.45) is 2.52. The zero-order valence-corrected chi connectivity index (χ0v) is 14.8. The van der Waals surface area contributed by atoms with Crippen LogP contribution in [-0.2, 0) is 29.0 Å². The van der Waals surface area contributed by atoms with Gasteiger partial charge in [0.15, 0.2) is 0 Å². The quantitative estimate of drug-likeness (QED) is 0.661. The summed E-state index contributed by atoms with van der Waals surface area (Å²) < 4.78 is 0. The number of rotatable bonds is 4. The predicted molar refractivity (Wildman–Crippen MR) is 102 cm³/mol. The Bertz CT molecular complexity index is 1010. The van der Waals surface area contributed by atoms with Crippen molar-refractivity contribution in [1.29, 1.82) is 0 Å². The molecule has 4 N–H and O–H groups in total. The number of para-hydroxylation sites is 1. The molecule has 0 bridgehead atoms. The number of aliphatic carboxylic acids is 1. The van der Waals surface area contributed by atoms with E-state index in [1.165, 1.54) is 4.90 Å². The van der Waals surface area contributed by atoms with E-state index in [2.05, 4.69) is 4.98 Å². The Morgan fingerprint density at radius 3 is 2.63 bits per heavy atom. The van der Waals surface area contributed by atoms with Gasteiger partial charge in [-0.05, 0) is 29.2 Å². The number of nitrogens with zero attached hydrogens (tertiary/aromatic N) is 1.